The van der Waals surface area contributed by atoms with Crippen LogP contribution in [0.15, 0.2) is 6.07 Å². The second-order valence-corrected chi connectivity index (χ2v) is 8.63. The van der Waals surface area contributed by atoms with Gasteiger partial charge in [0.15, 0.2) is 6.04 Å². The molecule has 7 nitrogen and oxygen atoms in total. The lowest BCUT2D eigenvalue weighted by Crippen LogP contribution is -2.40. The summed E-state index contributed by atoms with van der Waals surface area (Å²) >= 11 is 0. The first-order valence-electron chi connectivity index (χ1n) is 10.9. The molecule has 0 aliphatic carbocycles. The second-order valence-electron chi connectivity index (χ2n) is 8.63. The van der Waals surface area contributed by atoms with Gasteiger partial charge in [0.2, 0.25) is 5.91 Å². The lowest BCUT2D eigenvalue weighted by atomic mass is 9.97. The van der Waals surface area contributed by atoms with Gasteiger partial charge in [-0.2, -0.15) is 23.4 Å². The maximum Gasteiger partial charge on any atom is 0.410 e. The molecule has 10 heteroatoms. The Labute approximate surface area is 179 Å². The topological polar surface area (TPSA) is 78.8 Å². The number of aryl methyl sites for hydroxylation is 2. The summed E-state index contributed by atoms with van der Waals surface area (Å²) in [6.07, 6.45) is -1.11. The minimum Gasteiger partial charge on any atom is -0.367 e. The van der Waals surface area contributed by atoms with Gasteiger partial charge in [0.05, 0.1) is 23.9 Å². The van der Waals surface area contributed by atoms with Gasteiger partial charge in [-0.05, 0) is 46.0 Å². The molecule has 2 aliphatic rings. The number of alkyl halides is 3. The Morgan fingerprint density at radius 1 is 1.29 bits per heavy atom. The van der Waals surface area contributed by atoms with Crippen LogP contribution in [0.25, 0.3) is 0 Å². The van der Waals surface area contributed by atoms with E-state index in [1.165, 1.54) is 0 Å². The van der Waals surface area contributed by atoms with E-state index in [1.807, 2.05) is 20.8 Å². The Kier molecular flexibility index (Phi) is 5.74. The van der Waals surface area contributed by atoms with E-state index >= 15 is 0 Å². The zero-order chi connectivity index (χ0) is 22.3. The molecule has 1 amide bonds. The highest BCUT2D eigenvalue weighted by atomic mass is 19.4. The average Bonchev–Trinajstić information content (AvgIpc) is 3.30. The van der Waals surface area contributed by atoms with E-state index in [1.54, 1.807) is 11.0 Å². The Morgan fingerprint density at radius 3 is 2.71 bits per heavy atom. The fraction of sp³-hybridized carbons (Fsp3) is 0.667. The molecule has 2 N–H and O–H groups in total. The van der Waals surface area contributed by atoms with Crippen LogP contribution in [0, 0.1) is 13.8 Å². The molecule has 0 saturated carbocycles. The predicted molar refractivity (Wildman–Crippen MR) is 110 cm³/mol. The number of aromatic amines is 1. The number of piperidine rings is 1. The van der Waals surface area contributed by atoms with Crippen molar-refractivity contribution in [2.75, 3.05) is 11.9 Å². The lowest BCUT2D eigenvalue weighted by molar-refractivity contribution is -0.173. The number of nitrogens with zero attached hydrogens (tertiary/aromatic N) is 4. The van der Waals surface area contributed by atoms with Gasteiger partial charge in [-0.3, -0.25) is 9.89 Å². The van der Waals surface area contributed by atoms with Crippen molar-refractivity contribution in [2.24, 2.45) is 0 Å². The lowest BCUT2D eigenvalue weighted by Gasteiger charge is -2.35. The van der Waals surface area contributed by atoms with Crippen molar-refractivity contribution in [1.82, 2.24) is 24.9 Å². The number of rotatable bonds is 4. The molecule has 0 spiro atoms. The summed E-state index contributed by atoms with van der Waals surface area (Å²) in [4.78, 5) is 15.0. The van der Waals surface area contributed by atoms with Crippen LogP contribution in [0.1, 0.15) is 73.8 Å². The van der Waals surface area contributed by atoms with Crippen molar-refractivity contribution in [1.29, 1.82) is 0 Å². The molecule has 170 valence electrons. The Bertz CT molecular complexity index is 930. The molecule has 2 aromatic rings. The summed E-state index contributed by atoms with van der Waals surface area (Å²) in [6.45, 7) is 6.19. The van der Waals surface area contributed by atoms with Crippen LogP contribution in [0.2, 0.25) is 0 Å². The number of fused-ring (bicyclic) bond motifs is 1. The normalized spacial score (nSPS) is 24.1. The fourth-order valence-corrected chi connectivity index (χ4v) is 4.72. The smallest absolute Gasteiger partial charge is 0.367 e. The largest absolute Gasteiger partial charge is 0.410 e. The third-order valence-electron chi connectivity index (χ3n) is 6.55. The number of likely N-dealkylation sites (tertiary alicyclic amines) is 1. The number of amides is 1. The summed E-state index contributed by atoms with van der Waals surface area (Å²) in [5, 5.41) is 14.6. The zero-order valence-electron chi connectivity index (χ0n) is 18.1. The third kappa shape index (κ3) is 4.16. The van der Waals surface area contributed by atoms with E-state index in [0.29, 0.717) is 30.9 Å². The number of H-pyrrole nitrogens is 1. The van der Waals surface area contributed by atoms with Gasteiger partial charge >= 0.3 is 6.18 Å². The van der Waals surface area contributed by atoms with Gasteiger partial charge in [-0.15, -0.1) is 0 Å². The molecule has 3 atom stereocenters. The van der Waals surface area contributed by atoms with E-state index in [-0.39, 0.29) is 30.8 Å². The number of carbonyl (C=O) groups excluding carboxylic acids is 1. The molecule has 2 aliphatic heterocycles. The van der Waals surface area contributed by atoms with Crippen LogP contribution in [0.5, 0.6) is 0 Å². The summed E-state index contributed by atoms with van der Waals surface area (Å²) in [5.41, 5.74) is 3.06. The number of anilines is 1. The first-order valence-corrected chi connectivity index (χ1v) is 10.9. The summed E-state index contributed by atoms with van der Waals surface area (Å²) in [6, 6.07) is -0.514. The van der Waals surface area contributed by atoms with Gasteiger partial charge in [0, 0.05) is 29.9 Å². The molecule has 0 aromatic carbocycles. The van der Waals surface area contributed by atoms with Gasteiger partial charge in [0.1, 0.15) is 5.82 Å². The molecule has 0 unspecified atom stereocenters. The standard InChI is InChI=1S/C21H29F3N6O/c1-4-14-9-18(21(22,23)24)30-19(25-14)11-16(28-30)17-7-5-6-8-29(17)20(31)10-15-12(2)26-27-13(15)3/h11,14,17-18,25H,4-10H2,1-3H3,(H,26,27)/t14-,17-,18-/m1/s1. The first kappa shape index (κ1) is 21.7. The molecule has 4 rings (SSSR count). The van der Waals surface area contributed by atoms with E-state index in [9.17, 15) is 18.0 Å². The minimum absolute atomic E-state index is 0.0412. The first-order chi connectivity index (χ1) is 14.7. The monoisotopic (exact) mass is 438 g/mol. The summed E-state index contributed by atoms with van der Waals surface area (Å²) in [5.74, 6) is 0.338. The van der Waals surface area contributed by atoms with Crippen molar-refractivity contribution in [3.05, 3.63) is 28.7 Å². The predicted octanol–water partition coefficient (Wildman–Crippen LogP) is 4.22. The molecule has 0 radical (unpaired) electrons. The third-order valence-corrected chi connectivity index (χ3v) is 6.55. The Hall–Kier alpha value is -2.52. The molecule has 1 saturated heterocycles. The van der Waals surface area contributed by atoms with Crippen molar-refractivity contribution in [3.8, 4) is 0 Å². The minimum atomic E-state index is -4.37. The van der Waals surface area contributed by atoms with E-state index in [4.69, 9.17) is 0 Å². The highest BCUT2D eigenvalue weighted by Gasteiger charge is 2.46. The van der Waals surface area contributed by atoms with Crippen molar-refractivity contribution >= 4 is 11.7 Å². The molecular formula is C21H29F3N6O. The van der Waals surface area contributed by atoms with Gasteiger partial charge < -0.3 is 10.2 Å². The van der Waals surface area contributed by atoms with E-state index < -0.39 is 12.2 Å². The fourth-order valence-electron chi connectivity index (χ4n) is 4.72. The quantitative estimate of drug-likeness (QED) is 0.749. The highest BCUT2D eigenvalue weighted by Crippen LogP contribution is 2.42. The highest BCUT2D eigenvalue weighted by molar-refractivity contribution is 5.80. The van der Waals surface area contributed by atoms with Crippen LogP contribution in [-0.2, 0) is 11.2 Å². The van der Waals surface area contributed by atoms with Crippen LogP contribution in [-0.4, -0.2) is 49.5 Å². The molecule has 31 heavy (non-hydrogen) atoms. The number of halogens is 3. The van der Waals surface area contributed by atoms with Crippen molar-refractivity contribution < 1.29 is 18.0 Å². The molecule has 2 aromatic heterocycles. The Morgan fingerprint density at radius 2 is 2.06 bits per heavy atom. The van der Waals surface area contributed by atoms with Gasteiger partial charge in [0.25, 0.3) is 0 Å². The number of hydrogen-bond donors (Lipinski definition) is 2. The number of carbonyl (C=O) groups is 1. The van der Waals surface area contributed by atoms with Gasteiger partial charge in [-0.1, -0.05) is 6.92 Å². The SMILES string of the molecule is CC[C@@H]1C[C@H](C(F)(F)F)n2nc([C@H]3CCCCN3C(=O)Cc3c(C)n[nH]c3C)cc2N1. The van der Waals surface area contributed by atoms with E-state index in [0.717, 1.165) is 34.5 Å². The molecule has 4 heterocycles. The second kappa shape index (κ2) is 8.20. The maximum absolute atomic E-state index is 13.7. The number of aromatic nitrogens is 4. The number of nitrogens with one attached hydrogen (secondary N) is 2. The molecule has 1 fully saturated rings. The van der Waals surface area contributed by atoms with Crippen LogP contribution in [0.4, 0.5) is 19.0 Å². The van der Waals surface area contributed by atoms with Crippen LogP contribution >= 0.6 is 0 Å². The number of hydrogen-bond acceptors (Lipinski definition) is 4. The average molecular weight is 438 g/mol. The zero-order valence-corrected chi connectivity index (χ0v) is 18.1. The maximum atomic E-state index is 13.7. The Balaban J connectivity index is 1.62. The van der Waals surface area contributed by atoms with Crippen LogP contribution in [0.3, 0.4) is 0 Å². The summed E-state index contributed by atoms with van der Waals surface area (Å²) < 4.78 is 42.2. The van der Waals surface area contributed by atoms with Crippen molar-refractivity contribution in [3.63, 3.8) is 0 Å². The molecule has 0 bridgehead atoms. The molecular weight excluding hydrogens is 409 g/mol. The van der Waals surface area contributed by atoms with Crippen LogP contribution < -0.4 is 5.32 Å². The van der Waals surface area contributed by atoms with Crippen molar-refractivity contribution in [2.45, 2.75) is 83.6 Å². The van der Waals surface area contributed by atoms with Gasteiger partial charge in [-0.25, -0.2) is 4.68 Å². The van der Waals surface area contributed by atoms with E-state index in [2.05, 4.69) is 20.6 Å². The summed E-state index contributed by atoms with van der Waals surface area (Å²) in [7, 11) is 0.